The third kappa shape index (κ3) is 3.12. The molecule has 18 heavy (non-hydrogen) atoms. The zero-order valence-electron chi connectivity index (χ0n) is 10.3. The molecule has 1 heterocycles. The van der Waals surface area contributed by atoms with Gasteiger partial charge in [-0.3, -0.25) is 4.79 Å². The standard InChI is InChI=1S/C14H18BrNO2/c15-8-12-7-14(18)16(9-12)13(10-17)6-11-4-2-1-3-5-11/h1-5,12-13,17H,6-10H2/t12?,13-/m0/s1. The number of rotatable bonds is 5. The molecule has 0 aliphatic carbocycles. The van der Waals surface area contributed by atoms with Crippen molar-refractivity contribution in [3.63, 3.8) is 0 Å². The van der Waals surface area contributed by atoms with E-state index in [1.807, 2.05) is 35.2 Å². The third-order valence-corrected chi connectivity index (χ3v) is 4.34. The predicted molar refractivity (Wildman–Crippen MR) is 74.6 cm³/mol. The molecule has 0 saturated carbocycles. The average molecular weight is 312 g/mol. The first-order chi connectivity index (χ1) is 8.74. The fourth-order valence-electron chi connectivity index (χ4n) is 2.42. The van der Waals surface area contributed by atoms with E-state index >= 15 is 0 Å². The Kier molecular flexibility index (Phi) is 4.78. The average Bonchev–Trinajstić information content (AvgIpc) is 2.78. The first kappa shape index (κ1) is 13.6. The monoisotopic (exact) mass is 311 g/mol. The SMILES string of the molecule is O=C1CC(CBr)CN1[C@H](CO)Cc1ccccc1. The normalized spacial score (nSPS) is 21.3. The van der Waals surface area contributed by atoms with E-state index in [9.17, 15) is 9.90 Å². The van der Waals surface area contributed by atoms with Crippen LogP contribution in [0.25, 0.3) is 0 Å². The molecule has 1 aliphatic heterocycles. The first-order valence-corrected chi connectivity index (χ1v) is 7.37. The summed E-state index contributed by atoms with van der Waals surface area (Å²) in [5.41, 5.74) is 1.16. The molecule has 0 radical (unpaired) electrons. The number of nitrogens with zero attached hydrogens (tertiary/aromatic N) is 1. The second-order valence-corrected chi connectivity index (χ2v) is 5.44. The number of hydrogen-bond acceptors (Lipinski definition) is 2. The summed E-state index contributed by atoms with van der Waals surface area (Å²) in [6, 6.07) is 9.91. The number of amides is 1. The molecule has 2 rings (SSSR count). The van der Waals surface area contributed by atoms with Gasteiger partial charge in [-0.1, -0.05) is 46.3 Å². The van der Waals surface area contributed by atoms with E-state index in [1.54, 1.807) is 0 Å². The van der Waals surface area contributed by atoms with Crippen molar-refractivity contribution in [2.75, 3.05) is 18.5 Å². The molecule has 1 amide bonds. The maximum absolute atomic E-state index is 11.9. The number of carbonyl (C=O) groups is 1. The van der Waals surface area contributed by atoms with Crippen LogP contribution in [0, 0.1) is 5.92 Å². The Labute approximate surface area is 116 Å². The number of halogens is 1. The molecule has 1 saturated heterocycles. The van der Waals surface area contributed by atoms with E-state index in [0.717, 1.165) is 23.9 Å². The van der Waals surface area contributed by atoms with Crippen molar-refractivity contribution in [3.05, 3.63) is 35.9 Å². The van der Waals surface area contributed by atoms with Crippen LogP contribution in [0.3, 0.4) is 0 Å². The molecule has 1 aromatic carbocycles. The summed E-state index contributed by atoms with van der Waals surface area (Å²) in [5.74, 6) is 0.539. The van der Waals surface area contributed by atoms with E-state index in [1.165, 1.54) is 0 Å². The van der Waals surface area contributed by atoms with Crippen molar-refractivity contribution in [1.29, 1.82) is 0 Å². The van der Waals surface area contributed by atoms with Crippen LogP contribution in [-0.4, -0.2) is 40.4 Å². The second-order valence-electron chi connectivity index (χ2n) is 4.80. The van der Waals surface area contributed by atoms with Gasteiger partial charge in [0.05, 0.1) is 12.6 Å². The number of alkyl halides is 1. The second kappa shape index (κ2) is 6.34. The van der Waals surface area contributed by atoms with Gasteiger partial charge in [0.2, 0.25) is 5.91 Å². The van der Waals surface area contributed by atoms with E-state index in [2.05, 4.69) is 15.9 Å². The van der Waals surface area contributed by atoms with Crippen LogP contribution in [0.1, 0.15) is 12.0 Å². The van der Waals surface area contributed by atoms with Crippen LogP contribution < -0.4 is 0 Å². The lowest BCUT2D eigenvalue weighted by atomic mass is 10.1. The van der Waals surface area contributed by atoms with Crippen LogP contribution in [0.5, 0.6) is 0 Å². The summed E-state index contributed by atoms with van der Waals surface area (Å²) >= 11 is 3.43. The van der Waals surface area contributed by atoms with Gasteiger partial charge in [-0.2, -0.15) is 0 Å². The third-order valence-electron chi connectivity index (χ3n) is 3.42. The summed E-state index contributed by atoms with van der Waals surface area (Å²) in [5, 5.41) is 10.4. The summed E-state index contributed by atoms with van der Waals surface area (Å²) in [4.78, 5) is 13.8. The van der Waals surface area contributed by atoms with Crippen molar-refractivity contribution < 1.29 is 9.90 Å². The highest BCUT2D eigenvalue weighted by Crippen LogP contribution is 2.23. The van der Waals surface area contributed by atoms with Crippen LogP contribution in [-0.2, 0) is 11.2 Å². The van der Waals surface area contributed by atoms with Gasteiger partial charge in [0.25, 0.3) is 0 Å². The fraction of sp³-hybridized carbons (Fsp3) is 0.500. The fourth-order valence-corrected chi connectivity index (χ4v) is 2.86. The Morgan fingerprint density at radius 1 is 1.39 bits per heavy atom. The highest BCUT2D eigenvalue weighted by molar-refractivity contribution is 9.09. The van der Waals surface area contributed by atoms with Gasteiger partial charge in [-0.05, 0) is 17.9 Å². The lowest BCUT2D eigenvalue weighted by Crippen LogP contribution is -2.40. The van der Waals surface area contributed by atoms with Gasteiger partial charge in [0, 0.05) is 18.3 Å². The molecule has 1 aromatic rings. The minimum absolute atomic E-state index is 0.0235. The molecule has 0 bridgehead atoms. The number of carbonyl (C=O) groups excluding carboxylic acids is 1. The number of likely N-dealkylation sites (tertiary alicyclic amines) is 1. The minimum Gasteiger partial charge on any atom is -0.394 e. The number of hydrogen-bond donors (Lipinski definition) is 1. The molecule has 1 fully saturated rings. The van der Waals surface area contributed by atoms with Crippen molar-refractivity contribution in [2.45, 2.75) is 18.9 Å². The van der Waals surface area contributed by atoms with Crippen molar-refractivity contribution in [3.8, 4) is 0 Å². The van der Waals surface area contributed by atoms with E-state index in [0.29, 0.717) is 12.3 Å². The predicted octanol–water partition coefficient (Wildman–Crippen LogP) is 1.83. The van der Waals surface area contributed by atoms with Gasteiger partial charge < -0.3 is 10.0 Å². The maximum Gasteiger partial charge on any atom is 0.223 e. The molecule has 1 N–H and O–H groups in total. The zero-order valence-corrected chi connectivity index (χ0v) is 11.8. The minimum atomic E-state index is -0.0936. The summed E-state index contributed by atoms with van der Waals surface area (Å²) in [6.45, 7) is 0.776. The molecule has 0 spiro atoms. The highest BCUT2D eigenvalue weighted by Gasteiger charge is 2.33. The molecule has 1 unspecified atom stereocenters. The lowest BCUT2D eigenvalue weighted by Gasteiger charge is -2.26. The van der Waals surface area contributed by atoms with Crippen molar-refractivity contribution in [1.82, 2.24) is 4.90 Å². The van der Waals surface area contributed by atoms with Gasteiger partial charge in [0.15, 0.2) is 0 Å². The van der Waals surface area contributed by atoms with Crippen molar-refractivity contribution >= 4 is 21.8 Å². The molecule has 2 atom stereocenters. The summed E-state index contributed by atoms with van der Waals surface area (Å²) in [6.07, 6.45) is 1.31. The molecule has 1 aliphatic rings. The van der Waals surface area contributed by atoms with Gasteiger partial charge in [0.1, 0.15) is 0 Å². The quantitative estimate of drug-likeness (QED) is 0.843. The topological polar surface area (TPSA) is 40.5 Å². The van der Waals surface area contributed by atoms with Gasteiger partial charge in [-0.25, -0.2) is 0 Å². The van der Waals surface area contributed by atoms with Crippen LogP contribution in [0.15, 0.2) is 30.3 Å². The van der Waals surface area contributed by atoms with E-state index in [-0.39, 0.29) is 18.6 Å². The highest BCUT2D eigenvalue weighted by atomic mass is 79.9. The Balaban J connectivity index is 2.03. The first-order valence-electron chi connectivity index (χ1n) is 6.24. The van der Waals surface area contributed by atoms with E-state index in [4.69, 9.17) is 0 Å². The van der Waals surface area contributed by atoms with Crippen LogP contribution in [0.4, 0.5) is 0 Å². The zero-order chi connectivity index (χ0) is 13.0. The Bertz CT molecular complexity index is 396. The number of aliphatic hydroxyl groups excluding tert-OH is 1. The summed E-state index contributed by atoms with van der Waals surface area (Å²) < 4.78 is 0. The number of benzene rings is 1. The van der Waals surface area contributed by atoms with E-state index < -0.39 is 0 Å². The van der Waals surface area contributed by atoms with Crippen LogP contribution >= 0.6 is 15.9 Å². The Hall–Kier alpha value is -0.870. The van der Waals surface area contributed by atoms with Crippen molar-refractivity contribution in [2.24, 2.45) is 5.92 Å². The molecular weight excluding hydrogens is 294 g/mol. The lowest BCUT2D eigenvalue weighted by molar-refractivity contribution is -0.130. The molecule has 3 nitrogen and oxygen atoms in total. The number of aliphatic hydroxyl groups is 1. The van der Waals surface area contributed by atoms with Gasteiger partial charge >= 0.3 is 0 Å². The van der Waals surface area contributed by atoms with Crippen LogP contribution in [0.2, 0.25) is 0 Å². The Morgan fingerprint density at radius 2 is 2.11 bits per heavy atom. The molecular formula is C14H18BrNO2. The largest absolute Gasteiger partial charge is 0.394 e. The Morgan fingerprint density at radius 3 is 2.67 bits per heavy atom. The maximum atomic E-state index is 11.9. The smallest absolute Gasteiger partial charge is 0.223 e. The molecule has 98 valence electrons. The molecule has 0 aromatic heterocycles. The van der Waals surface area contributed by atoms with Gasteiger partial charge in [-0.15, -0.1) is 0 Å². The molecule has 4 heteroatoms. The summed E-state index contributed by atoms with van der Waals surface area (Å²) in [7, 11) is 0.